The van der Waals surface area contributed by atoms with Gasteiger partial charge in [-0.2, -0.15) is 0 Å². The smallest absolute Gasteiger partial charge is 0.290 e. The number of non-ortho nitro benzene ring substituents is 1. The number of nitrogens with one attached hydrogen (secondary N) is 1. The number of anilines is 1. The second-order valence-corrected chi connectivity index (χ2v) is 5.97. The molecule has 8 nitrogen and oxygen atoms in total. The second-order valence-electron chi connectivity index (χ2n) is 4.95. The number of hydrogen-bond donors (Lipinski definition) is 1. The molecule has 0 radical (unpaired) electrons. The first-order valence-electron chi connectivity index (χ1n) is 6.90. The third kappa shape index (κ3) is 3.35. The summed E-state index contributed by atoms with van der Waals surface area (Å²) in [4.78, 5) is 35.8. The quantitative estimate of drug-likeness (QED) is 0.510. The van der Waals surface area contributed by atoms with Crippen molar-refractivity contribution in [2.75, 3.05) is 31.2 Å². The standard InChI is InChI=1S/C14H13N3O5S/c18-13-12(23-14(19)15-13)8-9-7-10(17(20)21)1-2-11(9)16-3-5-22-6-4-16/h1-2,7-8H,3-6H2,(H,15,18,19)/b12-8-. The summed E-state index contributed by atoms with van der Waals surface area (Å²) in [5.74, 6) is -0.487. The Kier molecular flexibility index (Phi) is 4.30. The number of carbonyl (C=O) groups is 2. The Balaban J connectivity index is 2.02. The molecule has 3 rings (SSSR count). The van der Waals surface area contributed by atoms with Gasteiger partial charge in [-0.15, -0.1) is 0 Å². The lowest BCUT2D eigenvalue weighted by molar-refractivity contribution is -0.384. The molecule has 0 bridgehead atoms. The molecule has 1 aromatic rings. The molecule has 120 valence electrons. The average molecular weight is 335 g/mol. The molecule has 1 N–H and O–H groups in total. The van der Waals surface area contributed by atoms with Gasteiger partial charge in [-0.3, -0.25) is 25.0 Å². The van der Waals surface area contributed by atoms with E-state index in [1.165, 1.54) is 18.2 Å². The van der Waals surface area contributed by atoms with Crippen LogP contribution in [0.5, 0.6) is 0 Å². The lowest BCUT2D eigenvalue weighted by Crippen LogP contribution is -2.36. The van der Waals surface area contributed by atoms with Gasteiger partial charge in [-0.25, -0.2) is 0 Å². The Morgan fingerprint density at radius 2 is 2.04 bits per heavy atom. The first-order valence-corrected chi connectivity index (χ1v) is 7.72. The predicted molar refractivity (Wildman–Crippen MR) is 85.2 cm³/mol. The van der Waals surface area contributed by atoms with Gasteiger partial charge in [0.05, 0.1) is 23.0 Å². The fourth-order valence-corrected chi connectivity index (χ4v) is 3.10. The van der Waals surface area contributed by atoms with E-state index in [-0.39, 0.29) is 10.6 Å². The zero-order valence-corrected chi connectivity index (χ0v) is 12.8. The lowest BCUT2D eigenvalue weighted by atomic mass is 10.1. The number of benzene rings is 1. The number of imide groups is 1. The van der Waals surface area contributed by atoms with E-state index in [2.05, 4.69) is 5.32 Å². The van der Waals surface area contributed by atoms with Crippen LogP contribution in [0.15, 0.2) is 23.1 Å². The van der Waals surface area contributed by atoms with Crippen molar-refractivity contribution < 1.29 is 19.2 Å². The molecular weight excluding hydrogens is 322 g/mol. The summed E-state index contributed by atoms with van der Waals surface area (Å²) in [5, 5.41) is 12.7. The molecule has 2 aliphatic rings. The zero-order valence-electron chi connectivity index (χ0n) is 12.0. The number of ether oxygens (including phenoxy) is 1. The minimum absolute atomic E-state index is 0.0661. The van der Waals surface area contributed by atoms with E-state index in [4.69, 9.17) is 4.74 Å². The Hall–Kier alpha value is -2.39. The van der Waals surface area contributed by atoms with Gasteiger partial charge >= 0.3 is 0 Å². The monoisotopic (exact) mass is 335 g/mol. The molecule has 0 aliphatic carbocycles. The Morgan fingerprint density at radius 1 is 1.30 bits per heavy atom. The maximum absolute atomic E-state index is 11.7. The Morgan fingerprint density at radius 3 is 2.65 bits per heavy atom. The molecule has 0 atom stereocenters. The molecular formula is C14H13N3O5S. The molecule has 2 heterocycles. The van der Waals surface area contributed by atoms with Crippen LogP contribution in [0.1, 0.15) is 5.56 Å². The summed E-state index contributed by atoms with van der Waals surface area (Å²) in [6.45, 7) is 2.46. The average Bonchev–Trinajstić information content (AvgIpc) is 2.85. The van der Waals surface area contributed by atoms with Crippen LogP contribution in [-0.4, -0.2) is 42.4 Å². The Bertz CT molecular complexity index is 712. The highest BCUT2D eigenvalue weighted by Gasteiger charge is 2.26. The summed E-state index contributed by atoms with van der Waals surface area (Å²) in [6, 6.07) is 4.50. The van der Waals surface area contributed by atoms with E-state index in [1.54, 1.807) is 6.07 Å². The van der Waals surface area contributed by atoms with Gasteiger partial charge in [-0.05, 0) is 23.9 Å². The van der Waals surface area contributed by atoms with Crippen molar-refractivity contribution in [2.45, 2.75) is 0 Å². The summed E-state index contributed by atoms with van der Waals surface area (Å²) >= 11 is 0.787. The fourth-order valence-electron chi connectivity index (χ4n) is 2.43. The van der Waals surface area contributed by atoms with Crippen LogP contribution in [0.25, 0.3) is 6.08 Å². The van der Waals surface area contributed by atoms with Crippen LogP contribution < -0.4 is 10.2 Å². The number of hydrogen-bond acceptors (Lipinski definition) is 7. The number of nitrogens with zero attached hydrogens (tertiary/aromatic N) is 2. The normalized spacial score (nSPS) is 20.0. The van der Waals surface area contributed by atoms with Crippen LogP contribution in [0.3, 0.4) is 0 Å². The predicted octanol–water partition coefficient (Wildman–Crippen LogP) is 1.76. The summed E-state index contributed by atoms with van der Waals surface area (Å²) in [6.07, 6.45) is 1.52. The number of carbonyl (C=O) groups excluding carboxylic acids is 2. The maximum atomic E-state index is 11.7. The Labute approximate surface area is 135 Å². The second kappa shape index (κ2) is 6.39. The SMILES string of the molecule is O=C1NC(=O)/C(=C/c2cc([N+](=O)[O-])ccc2N2CCOCC2)S1. The van der Waals surface area contributed by atoms with Crippen molar-refractivity contribution in [1.29, 1.82) is 0 Å². The van der Waals surface area contributed by atoms with Crippen LogP contribution in [0, 0.1) is 10.1 Å². The summed E-state index contributed by atoms with van der Waals surface area (Å²) < 4.78 is 5.31. The maximum Gasteiger partial charge on any atom is 0.290 e. The largest absolute Gasteiger partial charge is 0.378 e. The minimum Gasteiger partial charge on any atom is -0.378 e. The first kappa shape index (κ1) is 15.5. The van der Waals surface area contributed by atoms with Crippen LogP contribution >= 0.6 is 11.8 Å². The van der Waals surface area contributed by atoms with Gasteiger partial charge in [-0.1, -0.05) is 0 Å². The summed E-state index contributed by atoms with van der Waals surface area (Å²) in [7, 11) is 0. The third-order valence-electron chi connectivity index (χ3n) is 3.50. The highest BCUT2D eigenvalue weighted by atomic mass is 32.2. The molecule has 0 saturated carbocycles. The molecule has 23 heavy (non-hydrogen) atoms. The van der Waals surface area contributed by atoms with Crippen LogP contribution in [-0.2, 0) is 9.53 Å². The number of nitro groups is 1. The molecule has 0 unspecified atom stereocenters. The van der Waals surface area contributed by atoms with E-state index < -0.39 is 16.1 Å². The van der Waals surface area contributed by atoms with Gasteiger partial charge < -0.3 is 9.64 Å². The van der Waals surface area contributed by atoms with Gasteiger partial charge in [0, 0.05) is 36.5 Å². The van der Waals surface area contributed by atoms with Gasteiger partial charge in [0.2, 0.25) is 0 Å². The van der Waals surface area contributed by atoms with Crippen molar-refractivity contribution in [1.82, 2.24) is 5.32 Å². The third-order valence-corrected chi connectivity index (χ3v) is 4.31. The first-order chi connectivity index (χ1) is 11.0. The highest BCUT2D eigenvalue weighted by Crippen LogP contribution is 2.32. The topological polar surface area (TPSA) is 102 Å². The van der Waals surface area contributed by atoms with E-state index >= 15 is 0 Å². The van der Waals surface area contributed by atoms with Gasteiger partial charge in [0.25, 0.3) is 16.8 Å². The van der Waals surface area contributed by atoms with Crippen LogP contribution in [0.4, 0.5) is 16.2 Å². The number of rotatable bonds is 3. The summed E-state index contributed by atoms with van der Waals surface area (Å²) in [5.41, 5.74) is 1.25. The van der Waals surface area contributed by atoms with Crippen molar-refractivity contribution in [3.63, 3.8) is 0 Å². The molecule has 1 aromatic carbocycles. The molecule has 2 amide bonds. The molecule has 2 aliphatic heterocycles. The highest BCUT2D eigenvalue weighted by molar-refractivity contribution is 8.18. The van der Waals surface area contributed by atoms with Gasteiger partial charge in [0.15, 0.2) is 0 Å². The molecule has 2 saturated heterocycles. The van der Waals surface area contributed by atoms with Crippen molar-refractivity contribution >= 4 is 40.4 Å². The number of morpholine rings is 1. The number of amides is 2. The van der Waals surface area contributed by atoms with E-state index in [0.717, 1.165) is 17.4 Å². The lowest BCUT2D eigenvalue weighted by Gasteiger charge is -2.30. The molecule has 2 fully saturated rings. The van der Waals surface area contributed by atoms with Crippen LogP contribution in [0.2, 0.25) is 0 Å². The molecule has 0 aromatic heterocycles. The minimum atomic E-state index is -0.488. The van der Waals surface area contributed by atoms with Crippen molar-refractivity contribution in [3.05, 3.63) is 38.8 Å². The van der Waals surface area contributed by atoms with E-state index in [9.17, 15) is 19.7 Å². The van der Waals surface area contributed by atoms with E-state index in [1.807, 2.05) is 4.90 Å². The zero-order chi connectivity index (χ0) is 16.4. The fraction of sp³-hybridized carbons (Fsp3) is 0.286. The molecule has 9 heteroatoms. The van der Waals surface area contributed by atoms with Gasteiger partial charge in [0.1, 0.15) is 0 Å². The van der Waals surface area contributed by atoms with Crippen molar-refractivity contribution in [3.8, 4) is 0 Å². The van der Waals surface area contributed by atoms with E-state index in [0.29, 0.717) is 31.9 Å². The number of nitro benzene ring substituents is 1. The number of thioether (sulfide) groups is 1. The van der Waals surface area contributed by atoms with Crippen molar-refractivity contribution in [2.24, 2.45) is 0 Å². The molecule has 0 spiro atoms.